The van der Waals surface area contributed by atoms with Gasteiger partial charge in [-0.25, -0.2) is 9.59 Å². The van der Waals surface area contributed by atoms with E-state index in [4.69, 9.17) is 30.4 Å². The molecule has 4 atom stereocenters. The minimum absolute atomic E-state index is 0.0502. The maximum Gasteiger partial charge on any atom is 0.419 e. The second kappa shape index (κ2) is 16.2. The monoisotopic (exact) mass is 716 g/mol. The van der Waals surface area contributed by atoms with E-state index in [-0.39, 0.29) is 36.2 Å². The van der Waals surface area contributed by atoms with E-state index in [0.717, 1.165) is 88.5 Å². The number of rotatable bonds is 12. The SMILES string of the molecule is CC(CC(N)OC(=O)C(=O)OC(N)CC(C)(Oc1ccc(C(F)(F)F)cc1)C1CCCCC1)(Oc1ccc(C(F)(F)F)cc1)C1CCCCC1. The van der Waals surface area contributed by atoms with Crippen LogP contribution in [0.5, 0.6) is 11.5 Å². The summed E-state index contributed by atoms with van der Waals surface area (Å²) in [4.78, 5) is 25.6. The predicted molar refractivity (Wildman–Crippen MR) is 171 cm³/mol. The van der Waals surface area contributed by atoms with Crippen LogP contribution in [0.3, 0.4) is 0 Å². The Balaban J connectivity index is 1.39. The minimum Gasteiger partial charge on any atom is -0.487 e. The Morgan fingerprint density at radius 2 is 0.900 bits per heavy atom. The van der Waals surface area contributed by atoms with E-state index < -0.39 is 59.1 Å². The molecule has 0 heterocycles. The molecule has 278 valence electrons. The van der Waals surface area contributed by atoms with Crippen LogP contribution in [0.25, 0.3) is 0 Å². The average Bonchev–Trinajstić information content (AvgIpc) is 3.05. The number of benzene rings is 2. The normalized spacial score (nSPS) is 20.1. The molecule has 4 N–H and O–H groups in total. The molecule has 2 saturated carbocycles. The Kier molecular flexibility index (Phi) is 12.7. The highest BCUT2D eigenvalue weighted by atomic mass is 19.4. The van der Waals surface area contributed by atoms with E-state index >= 15 is 0 Å². The van der Waals surface area contributed by atoms with E-state index in [9.17, 15) is 35.9 Å². The third-order valence-corrected chi connectivity index (χ3v) is 9.90. The Labute approximate surface area is 288 Å². The van der Waals surface area contributed by atoms with Gasteiger partial charge in [-0.3, -0.25) is 11.5 Å². The molecule has 50 heavy (non-hydrogen) atoms. The molecule has 4 rings (SSSR count). The molecule has 2 aliphatic carbocycles. The molecule has 0 radical (unpaired) electrons. The van der Waals surface area contributed by atoms with Crippen molar-refractivity contribution in [3.63, 3.8) is 0 Å². The molecule has 14 heteroatoms. The standard InChI is InChI=1S/C36H46F6N2O6/c1-33(23-9-5-3-6-10-23,49-27-17-13-25(14-18-27)35(37,38)39)21-29(43)47-31(45)32(46)48-30(44)22-34(2,24-11-7-4-8-12-24)50-28-19-15-26(16-20-28)36(40,41)42/h13-20,23-24,29-30H,3-12,21-22,43-44H2,1-2H3. The van der Waals surface area contributed by atoms with Gasteiger partial charge < -0.3 is 18.9 Å². The second-order valence-electron chi connectivity index (χ2n) is 13.8. The Morgan fingerprint density at radius 1 is 0.600 bits per heavy atom. The van der Waals surface area contributed by atoms with Gasteiger partial charge in [-0.05, 0) is 99.9 Å². The highest BCUT2D eigenvalue weighted by molar-refractivity contribution is 6.29. The summed E-state index contributed by atoms with van der Waals surface area (Å²) < 4.78 is 102. The molecule has 2 aromatic carbocycles. The van der Waals surface area contributed by atoms with Crippen LogP contribution in [0.4, 0.5) is 26.3 Å². The van der Waals surface area contributed by atoms with Gasteiger partial charge >= 0.3 is 24.3 Å². The van der Waals surface area contributed by atoms with Crippen molar-refractivity contribution in [2.24, 2.45) is 23.3 Å². The molecule has 0 saturated heterocycles. The van der Waals surface area contributed by atoms with Crippen molar-refractivity contribution in [1.82, 2.24) is 0 Å². The molecule has 0 aromatic heterocycles. The third-order valence-electron chi connectivity index (χ3n) is 9.90. The first kappa shape index (κ1) is 39.3. The van der Waals surface area contributed by atoms with Gasteiger partial charge in [0.1, 0.15) is 22.7 Å². The lowest BCUT2D eigenvalue weighted by atomic mass is 9.75. The molecule has 8 nitrogen and oxygen atoms in total. The number of esters is 2. The number of hydrogen-bond donors (Lipinski definition) is 2. The zero-order chi connectivity index (χ0) is 36.7. The number of ether oxygens (including phenoxy) is 4. The van der Waals surface area contributed by atoms with Crippen LogP contribution >= 0.6 is 0 Å². The fourth-order valence-corrected chi connectivity index (χ4v) is 7.23. The van der Waals surface area contributed by atoms with E-state index in [1.165, 1.54) is 24.3 Å². The first-order valence-electron chi connectivity index (χ1n) is 17.0. The summed E-state index contributed by atoms with van der Waals surface area (Å²) >= 11 is 0. The van der Waals surface area contributed by atoms with Crippen LogP contribution < -0.4 is 20.9 Å². The molecule has 0 spiro atoms. The van der Waals surface area contributed by atoms with Crippen LogP contribution in [0, 0.1) is 11.8 Å². The van der Waals surface area contributed by atoms with Crippen LogP contribution in [0.1, 0.15) is 102 Å². The molecule has 0 amide bonds. The summed E-state index contributed by atoms with van der Waals surface area (Å²) in [7, 11) is 0. The predicted octanol–water partition coefficient (Wildman–Crippen LogP) is 8.30. The van der Waals surface area contributed by atoms with Gasteiger partial charge in [-0.15, -0.1) is 0 Å². The highest BCUT2D eigenvalue weighted by Gasteiger charge is 2.42. The van der Waals surface area contributed by atoms with Crippen LogP contribution in [0.15, 0.2) is 48.5 Å². The summed E-state index contributed by atoms with van der Waals surface area (Å²) in [5.74, 6) is -2.51. The summed E-state index contributed by atoms with van der Waals surface area (Å²) in [6.07, 6.45) is -3.03. The number of alkyl halides is 6. The summed E-state index contributed by atoms with van der Waals surface area (Å²) in [6.45, 7) is 3.51. The number of carbonyl (C=O) groups excluding carboxylic acids is 2. The van der Waals surface area contributed by atoms with E-state index in [1.807, 2.05) is 0 Å². The van der Waals surface area contributed by atoms with Crippen LogP contribution in [-0.4, -0.2) is 35.6 Å². The Hall–Kier alpha value is -3.52. The Bertz CT molecular complexity index is 1300. The molecule has 0 bridgehead atoms. The largest absolute Gasteiger partial charge is 0.487 e. The number of halogens is 6. The number of nitrogens with two attached hydrogens (primary N) is 2. The maximum atomic E-state index is 13.1. The molecule has 0 aliphatic heterocycles. The van der Waals surface area contributed by atoms with Gasteiger partial charge in [0.25, 0.3) is 0 Å². The molecule has 2 fully saturated rings. The van der Waals surface area contributed by atoms with E-state index in [0.29, 0.717) is 0 Å². The van der Waals surface area contributed by atoms with Crippen molar-refractivity contribution in [3.8, 4) is 11.5 Å². The van der Waals surface area contributed by atoms with Gasteiger partial charge in [0.05, 0.1) is 11.1 Å². The second-order valence-corrected chi connectivity index (χ2v) is 13.8. The fraction of sp³-hybridized carbons (Fsp3) is 0.611. The highest BCUT2D eigenvalue weighted by Crippen LogP contribution is 2.41. The summed E-state index contributed by atoms with van der Waals surface area (Å²) in [5.41, 5.74) is 8.65. The van der Waals surface area contributed by atoms with Gasteiger partial charge in [0.2, 0.25) is 0 Å². The minimum atomic E-state index is -4.51. The van der Waals surface area contributed by atoms with Crippen molar-refractivity contribution in [2.45, 2.75) is 127 Å². The van der Waals surface area contributed by atoms with Crippen molar-refractivity contribution < 1.29 is 54.9 Å². The lowest BCUT2D eigenvalue weighted by molar-refractivity contribution is -0.177. The van der Waals surface area contributed by atoms with Crippen molar-refractivity contribution >= 4 is 11.9 Å². The first-order chi connectivity index (χ1) is 23.4. The number of carbonyl (C=O) groups is 2. The van der Waals surface area contributed by atoms with Gasteiger partial charge in [-0.1, -0.05) is 38.5 Å². The quantitative estimate of drug-likeness (QED) is 0.0974. The van der Waals surface area contributed by atoms with Gasteiger partial charge in [-0.2, -0.15) is 26.3 Å². The maximum absolute atomic E-state index is 13.1. The van der Waals surface area contributed by atoms with Crippen molar-refractivity contribution in [1.29, 1.82) is 0 Å². The topological polar surface area (TPSA) is 123 Å². The average molecular weight is 717 g/mol. The third kappa shape index (κ3) is 10.7. The van der Waals surface area contributed by atoms with Crippen LogP contribution in [0.2, 0.25) is 0 Å². The molecule has 2 aromatic rings. The zero-order valence-corrected chi connectivity index (χ0v) is 28.3. The molecular weight excluding hydrogens is 670 g/mol. The number of hydrogen-bond acceptors (Lipinski definition) is 8. The van der Waals surface area contributed by atoms with E-state index in [2.05, 4.69) is 0 Å². The van der Waals surface area contributed by atoms with Crippen LogP contribution in [-0.2, 0) is 31.4 Å². The molecule has 2 aliphatic rings. The lowest BCUT2D eigenvalue weighted by Gasteiger charge is -2.41. The van der Waals surface area contributed by atoms with Gasteiger partial charge in [0.15, 0.2) is 12.5 Å². The zero-order valence-electron chi connectivity index (χ0n) is 28.3. The Morgan fingerprint density at radius 3 is 1.18 bits per heavy atom. The lowest BCUT2D eigenvalue weighted by Crippen LogP contribution is -2.49. The smallest absolute Gasteiger partial charge is 0.419 e. The molecular formula is C36H46F6N2O6. The van der Waals surface area contributed by atoms with Crippen molar-refractivity contribution in [2.75, 3.05) is 0 Å². The van der Waals surface area contributed by atoms with E-state index in [1.54, 1.807) is 13.8 Å². The van der Waals surface area contributed by atoms with Crippen molar-refractivity contribution in [3.05, 3.63) is 59.7 Å². The fourth-order valence-electron chi connectivity index (χ4n) is 7.23. The van der Waals surface area contributed by atoms with Gasteiger partial charge in [0, 0.05) is 12.8 Å². The first-order valence-corrected chi connectivity index (χ1v) is 17.0. The summed E-state index contributed by atoms with van der Waals surface area (Å²) in [6, 6.07) is 8.58. The summed E-state index contributed by atoms with van der Waals surface area (Å²) in [5, 5.41) is 0. The molecule has 4 unspecified atom stereocenters.